The van der Waals surface area contributed by atoms with E-state index in [1.807, 2.05) is 37.3 Å². The Balaban J connectivity index is 1.49. The highest BCUT2D eigenvalue weighted by atomic mass is 19.2. The largest absolute Gasteiger partial charge is 0.348 e. The summed E-state index contributed by atoms with van der Waals surface area (Å²) in [5.41, 5.74) is 1.07. The van der Waals surface area contributed by atoms with Crippen LogP contribution in [-0.4, -0.2) is 24.5 Å². The van der Waals surface area contributed by atoms with E-state index in [1.165, 1.54) is 24.5 Å². The number of halogens is 4. The van der Waals surface area contributed by atoms with Crippen molar-refractivity contribution < 1.29 is 17.6 Å². The summed E-state index contributed by atoms with van der Waals surface area (Å²) in [4.78, 5) is 15.7. The molecular weight excluding hydrogens is 448 g/mol. The maximum Gasteiger partial charge on any atom is 0.252 e. The Labute approximate surface area is 191 Å². The SMILES string of the molecule is C[C@H](Nc1nccc(-n2cnc3cc(-c4c(F)c(F)nc(F)c4F)ccc32)n1)c1ccccc1. The zero-order chi connectivity index (χ0) is 23.8. The van der Waals surface area contributed by atoms with E-state index in [4.69, 9.17) is 0 Å². The van der Waals surface area contributed by atoms with Crippen molar-refractivity contribution in [2.45, 2.75) is 13.0 Å². The number of fused-ring (bicyclic) bond motifs is 1. The van der Waals surface area contributed by atoms with Crippen LogP contribution >= 0.6 is 0 Å². The van der Waals surface area contributed by atoms with Crippen LogP contribution in [0.15, 0.2) is 67.1 Å². The maximum absolute atomic E-state index is 14.2. The average molecular weight is 464 g/mol. The second-order valence-corrected chi connectivity index (χ2v) is 7.53. The molecule has 1 atom stereocenters. The van der Waals surface area contributed by atoms with Gasteiger partial charge in [-0.25, -0.2) is 18.7 Å². The highest BCUT2D eigenvalue weighted by molar-refractivity contribution is 5.83. The monoisotopic (exact) mass is 464 g/mol. The molecule has 3 aromatic heterocycles. The van der Waals surface area contributed by atoms with Gasteiger partial charge >= 0.3 is 0 Å². The molecule has 0 aliphatic carbocycles. The summed E-state index contributed by atoms with van der Waals surface area (Å²) in [6.07, 6.45) is 3.08. The molecule has 10 heteroatoms. The second-order valence-electron chi connectivity index (χ2n) is 7.53. The third-order valence-corrected chi connectivity index (χ3v) is 5.37. The molecule has 5 aromatic rings. The summed E-state index contributed by atoms with van der Waals surface area (Å²) in [5, 5.41) is 3.25. The van der Waals surface area contributed by atoms with Crippen LogP contribution in [0.25, 0.3) is 28.0 Å². The Kier molecular flexibility index (Phi) is 5.40. The van der Waals surface area contributed by atoms with Gasteiger partial charge in [0, 0.05) is 6.20 Å². The molecule has 0 fully saturated rings. The molecule has 0 aliphatic rings. The van der Waals surface area contributed by atoms with Crippen LogP contribution in [0.3, 0.4) is 0 Å². The molecule has 6 nitrogen and oxygen atoms in total. The number of benzene rings is 2. The molecule has 3 heterocycles. The number of nitrogens with one attached hydrogen (secondary N) is 1. The summed E-state index contributed by atoms with van der Waals surface area (Å²) in [6.45, 7) is 1.99. The maximum atomic E-state index is 14.2. The predicted octanol–water partition coefficient (Wildman–Crippen LogP) is 5.61. The Hall–Kier alpha value is -4.34. The van der Waals surface area contributed by atoms with E-state index in [-0.39, 0.29) is 11.6 Å². The van der Waals surface area contributed by atoms with Crippen molar-refractivity contribution >= 4 is 17.0 Å². The van der Waals surface area contributed by atoms with Crippen molar-refractivity contribution in [3.63, 3.8) is 0 Å². The molecule has 0 radical (unpaired) electrons. The summed E-state index contributed by atoms with van der Waals surface area (Å²) < 4.78 is 57.1. The van der Waals surface area contributed by atoms with Crippen LogP contribution in [0.5, 0.6) is 0 Å². The normalized spacial score (nSPS) is 12.1. The van der Waals surface area contributed by atoms with Crippen molar-refractivity contribution in [1.82, 2.24) is 24.5 Å². The quantitative estimate of drug-likeness (QED) is 0.271. The van der Waals surface area contributed by atoms with Crippen LogP contribution < -0.4 is 5.32 Å². The van der Waals surface area contributed by atoms with Gasteiger partial charge < -0.3 is 5.32 Å². The van der Waals surface area contributed by atoms with Crippen molar-refractivity contribution in [2.75, 3.05) is 5.32 Å². The van der Waals surface area contributed by atoms with E-state index < -0.39 is 29.1 Å². The Bertz CT molecular complexity index is 1480. The van der Waals surface area contributed by atoms with Crippen LogP contribution in [0, 0.1) is 23.5 Å². The van der Waals surface area contributed by atoms with Gasteiger partial charge in [-0.3, -0.25) is 4.57 Å². The van der Waals surface area contributed by atoms with Crippen molar-refractivity contribution in [3.8, 4) is 16.9 Å². The molecule has 0 spiro atoms. The number of aromatic nitrogens is 5. The first kappa shape index (κ1) is 21.5. The lowest BCUT2D eigenvalue weighted by Gasteiger charge is -2.14. The molecule has 170 valence electrons. The van der Waals surface area contributed by atoms with Crippen LogP contribution in [-0.2, 0) is 0 Å². The summed E-state index contributed by atoms with van der Waals surface area (Å²) in [7, 11) is 0. The Morgan fingerprint density at radius 2 is 1.59 bits per heavy atom. The van der Waals surface area contributed by atoms with E-state index >= 15 is 0 Å². The molecular formula is C24H16F4N6. The number of nitrogens with zero attached hydrogens (tertiary/aromatic N) is 5. The molecule has 0 saturated heterocycles. The third-order valence-electron chi connectivity index (χ3n) is 5.37. The lowest BCUT2D eigenvalue weighted by Crippen LogP contribution is -2.10. The zero-order valence-corrected chi connectivity index (χ0v) is 17.7. The minimum atomic E-state index is -1.72. The minimum absolute atomic E-state index is 0.0375. The van der Waals surface area contributed by atoms with Crippen molar-refractivity contribution in [3.05, 3.63) is 96.2 Å². The van der Waals surface area contributed by atoms with Gasteiger partial charge in [-0.15, -0.1) is 0 Å². The molecule has 0 aliphatic heterocycles. The number of pyridine rings is 1. The van der Waals surface area contributed by atoms with Gasteiger partial charge in [0.25, 0.3) is 11.9 Å². The number of imidazole rings is 1. The van der Waals surface area contributed by atoms with Crippen LogP contribution in [0.2, 0.25) is 0 Å². The Morgan fingerprint density at radius 1 is 0.853 bits per heavy atom. The molecule has 5 rings (SSSR count). The predicted molar refractivity (Wildman–Crippen MR) is 118 cm³/mol. The molecule has 0 bridgehead atoms. The van der Waals surface area contributed by atoms with Gasteiger partial charge in [-0.05, 0) is 36.2 Å². The molecule has 1 N–H and O–H groups in total. The smallest absolute Gasteiger partial charge is 0.252 e. The van der Waals surface area contributed by atoms with Gasteiger partial charge in [0.1, 0.15) is 12.1 Å². The first-order chi connectivity index (χ1) is 16.4. The fraction of sp³-hybridized carbons (Fsp3) is 0.0833. The Morgan fingerprint density at radius 3 is 2.32 bits per heavy atom. The highest BCUT2D eigenvalue weighted by Crippen LogP contribution is 2.31. The third kappa shape index (κ3) is 3.83. The average Bonchev–Trinajstić information content (AvgIpc) is 3.27. The lowest BCUT2D eigenvalue weighted by molar-refractivity contribution is 0.410. The number of hydrogen-bond acceptors (Lipinski definition) is 5. The number of anilines is 1. The van der Waals surface area contributed by atoms with E-state index in [0.717, 1.165) is 5.56 Å². The van der Waals surface area contributed by atoms with Gasteiger partial charge in [0.2, 0.25) is 5.95 Å². The van der Waals surface area contributed by atoms with Crippen LogP contribution in [0.4, 0.5) is 23.5 Å². The molecule has 2 aromatic carbocycles. The highest BCUT2D eigenvalue weighted by Gasteiger charge is 2.22. The van der Waals surface area contributed by atoms with E-state index in [9.17, 15) is 17.6 Å². The lowest BCUT2D eigenvalue weighted by atomic mass is 10.1. The van der Waals surface area contributed by atoms with E-state index in [2.05, 4.69) is 25.3 Å². The molecule has 34 heavy (non-hydrogen) atoms. The topological polar surface area (TPSA) is 68.5 Å². The molecule has 0 amide bonds. The number of hydrogen-bond donors (Lipinski definition) is 1. The first-order valence-electron chi connectivity index (χ1n) is 10.2. The van der Waals surface area contributed by atoms with Crippen molar-refractivity contribution in [1.29, 1.82) is 0 Å². The fourth-order valence-corrected chi connectivity index (χ4v) is 3.66. The summed E-state index contributed by atoms with van der Waals surface area (Å²) in [6, 6.07) is 15.7. The second kappa shape index (κ2) is 8.54. The molecule has 0 saturated carbocycles. The van der Waals surface area contributed by atoms with Gasteiger partial charge in [0.05, 0.1) is 22.6 Å². The minimum Gasteiger partial charge on any atom is -0.348 e. The van der Waals surface area contributed by atoms with E-state index in [1.54, 1.807) is 16.8 Å². The standard InChI is InChI=1S/C24H16F4N6/c1-13(14-5-3-2-4-6-14)31-24-29-10-9-18(32-24)34-12-30-16-11-15(7-8-17(16)34)19-20(25)22(27)33-23(28)21(19)26/h2-13H,1H3,(H,29,31,32)/t13-/m0/s1. The first-order valence-corrected chi connectivity index (χ1v) is 10.2. The van der Waals surface area contributed by atoms with Crippen molar-refractivity contribution in [2.24, 2.45) is 0 Å². The van der Waals surface area contributed by atoms with Gasteiger partial charge in [0.15, 0.2) is 11.6 Å². The van der Waals surface area contributed by atoms with Gasteiger partial charge in [-0.1, -0.05) is 36.4 Å². The van der Waals surface area contributed by atoms with Gasteiger partial charge in [-0.2, -0.15) is 18.7 Å². The molecule has 0 unspecified atom stereocenters. The zero-order valence-electron chi connectivity index (χ0n) is 17.7. The summed E-state index contributed by atoms with van der Waals surface area (Å²) >= 11 is 0. The van der Waals surface area contributed by atoms with Crippen LogP contribution in [0.1, 0.15) is 18.5 Å². The summed E-state index contributed by atoms with van der Waals surface area (Å²) in [5.74, 6) is -5.67. The fourth-order valence-electron chi connectivity index (χ4n) is 3.66. The van der Waals surface area contributed by atoms with E-state index in [0.29, 0.717) is 22.8 Å². The number of rotatable bonds is 5.